The molecule has 0 bridgehead atoms. The summed E-state index contributed by atoms with van der Waals surface area (Å²) in [7, 11) is 0. The number of aromatic nitrogens is 3. The molecule has 0 amide bonds. The van der Waals surface area contributed by atoms with E-state index in [-0.39, 0.29) is 23.4 Å². The van der Waals surface area contributed by atoms with Gasteiger partial charge in [0.1, 0.15) is 6.54 Å². The minimum absolute atomic E-state index is 0.0185. The first-order valence-corrected chi connectivity index (χ1v) is 12.0. The average Bonchev–Trinajstić information content (AvgIpc) is 3.34. The predicted octanol–water partition coefficient (Wildman–Crippen LogP) is 3.23. The number of carbonyl (C=O) groups is 1. The molecule has 4 fully saturated rings. The van der Waals surface area contributed by atoms with Gasteiger partial charge in [0.15, 0.2) is 5.78 Å². The van der Waals surface area contributed by atoms with Gasteiger partial charge in [-0.05, 0) is 99.2 Å². The van der Waals surface area contributed by atoms with Gasteiger partial charge in [0.2, 0.25) is 0 Å². The van der Waals surface area contributed by atoms with Crippen LogP contribution in [0.15, 0.2) is 12.4 Å². The Labute approximate surface area is 179 Å². The first-order chi connectivity index (χ1) is 14.3. The Bertz CT molecular complexity index is 794. The van der Waals surface area contributed by atoms with Gasteiger partial charge in [-0.15, -0.1) is 5.10 Å². The maximum Gasteiger partial charge on any atom is 0.157 e. The van der Waals surface area contributed by atoms with E-state index in [1.165, 1.54) is 6.42 Å². The second-order valence-electron chi connectivity index (χ2n) is 11.5. The molecule has 4 aliphatic rings. The van der Waals surface area contributed by atoms with Crippen LogP contribution in [0, 0.1) is 40.4 Å². The topological polar surface area (TPSA) is 88.2 Å². The molecule has 30 heavy (non-hydrogen) atoms. The molecule has 8 atom stereocenters. The lowest BCUT2D eigenvalue weighted by molar-refractivity contribution is -0.171. The van der Waals surface area contributed by atoms with Crippen LogP contribution in [0.5, 0.6) is 0 Å². The summed E-state index contributed by atoms with van der Waals surface area (Å²) in [4.78, 5) is 13.2. The zero-order valence-corrected chi connectivity index (χ0v) is 18.5. The maximum absolute atomic E-state index is 13.2. The molecule has 1 aromatic heterocycles. The Kier molecular flexibility index (Phi) is 4.90. The van der Waals surface area contributed by atoms with Gasteiger partial charge in [0.25, 0.3) is 0 Å². The van der Waals surface area contributed by atoms with Crippen molar-refractivity contribution < 1.29 is 15.0 Å². The van der Waals surface area contributed by atoms with Crippen molar-refractivity contribution >= 4 is 5.78 Å². The van der Waals surface area contributed by atoms with Crippen molar-refractivity contribution in [2.75, 3.05) is 6.61 Å². The number of rotatable bonds is 4. The van der Waals surface area contributed by atoms with Crippen LogP contribution >= 0.6 is 0 Å². The summed E-state index contributed by atoms with van der Waals surface area (Å²) in [6, 6.07) is 0. The molecule has 0 radical (unpaired) electrons. The van der Waals surface area contributed by atoms with Crippen LogP contribution in [0.4, 0.5) is 0 Å². The lowest BCUT2D eigenvalue weighted by atomic mass is 9.43. The van der Waals surface area contributed by atoms with Gasteiger partial charge >= 0.3 is 0 Å². The Balaban J connectivity index is 1.38. The summed E-state index contributed by atoms with van der Waals surface area (Å²) in [6.45, 7) is 4.93. The minimum atomic E-state index is -0.578. The number of nitrogens with zero attached hydrogens (tertiary/aromatic N) is 3. The van der Waals surface area contributed by atoms with Gasteiger partial charge in [-0.1, -0.05) is 12.1 Å². The van der Waals surface area contributed by atoms with Crippen molar-refractivity contribution in [1.82, 2.24) is 15.0 Å². The first kappa shape index (κ1) is 20.6. The molecule has 0 saturated heterocycles. The largest absolute Gasteiger partial charge is 0.396 e. The van der Waals surface area contributed by atoms with Gasteiger partial charge in [-0.3, -0.25) is 4.79 Å². The van der Waals surface area contributed by atoms with E-state index in [1.807, 2.05) is 6.92 Å². The van der Waals surface area contributed by atoms with Crippen molar-refractivity contribution in [1.29, 1.82) is 0 Å². The SMILES string of the molecule is C[C@@]1(O)CC[C@@]2(CO)[C@@H](CC[C@H]3[C@@H]4CC[C@H](C(=O)Cn5ccnn5)[C@@]4(C)CC[C@@H]32)C1. The molecule has 4 aliphatic carbocycles. The molecule has 5 rings (SSSR count). The first-order valence-electron chi connectivity index (χ1n) is 12.0. The maximum atomic E-state index is 13.2. The molecule has 0 spiro atoms. The zero-order chi connectivity index (χ0) is 21.1. The van der Waals surface area contributed by atoms with Crippen LogP contribution in [0.1, 0.15) is 71.6 Å². The van der Waals surface area contributed by atoms with Crippen LogP contribution in [-0.2, 0) is 11.3 Å². The van der Waals surface area contributed by atoms with Crippen LogP contribution in [-0.4, -0.2) is 43.2 Å². The third kappa shape index (κ3) is 3.01. The molecular weight excluding hydrogens is 378 g/mol. The zero-order valence-electron chi connectivity index (χ0n) is 18.5. The molecule has 166 valence electrons. The molecule has 6 nitrogen and oxygen atoms in total. The number of carbonyl (C=O) groups excluding carboxylic acids is 1. The highest BCUT2D eigenvalue weighted by atomic mass is 16.3. The highest BCUT2D eigenvalue weighted by molar-refractivity contribution is 5.82. The van der Waals surface area contributed by atoms with Gasteiger partial charge in [0, 0.05) is 18.7 Å². The summed E-state index contributed by atoms with van der Waals surface area (Å²) < 4.78 is 1.66. The summed E-state index contributed by atoms with van der Waals surface area (Å²) in [5, 5.41) is 29.1. The Morgan fingerprint density at radius 1 is 1.10 bits per heavy atom. The summed E-state index contributed by atoms with van der Waals surface area (Å²) in [5.74, 6) is 2.58. The fourth-order valence-corrected chi connectivity index (χ4v) is 8.66. The fourth-order valence-electron chi connectivity index (χ4n) is 8.66. The van der Waals surface area contributed by atoms with Gasteiger partial charge in [-0.2, -0.15) is 0 Å². The third-order valence-corrected chi connectivity index (χ3v) is 10.1. The Morgan fingerprint density at radius 3 is 2.67 bits per heavy atom. The van der Waals surface area contributed by atoms with E-state index in [0.29, 0.717) is 36.0 Å². The summed E-state index contributed by atoms with van der Waals surface area (Å²) in [6.07, 6.45) is 12.6. The molecule has 4 saturated carbocycles. The standard InChI is InChI=1S/C24H37N3O3/c1-22(30)9-10-24(15-28)16(13-22)3-4-17-18-5-6-20(23(18,2)8-7-19(17)24)21(29)14-27-12-11-25-26-27/h11-12,16-20,28,30H,3-10,13-15H2,1-2H3/t16-,17-,18-,19-,20+,22+,23-,24+/m0/s1. The van der Waals surface area contributed by atoms with Gasteiger partial charge in [0.05, 0.1) is 11.8 Å². The van der Waals surface area contributed by atoms with Crippen molar-refractivity contribution in [3.8, 4) is 0 Å². The highest BCUT2D eigenvalue weighted by Gasteiger charge is 2.62. The Hall–Kier alpha value is -1.27. The monoisotopic (exact) mass is 415 g/mol. The molecule has 1 heterocycles. The quantitative estimate of drug-likeness (QED) is 0.788. The van der Waals surface area contributed by atoms with Crippen molar-refractivity contribution in [2.24, 2.45) is 40.4 Å². The van der Waals surface area contributed by atoms with E-state index in [1.54, 1.807) is 17.1 Å². The van der Waals surface area contributed by atoms with Gasteiger partial charge in [-0.25, -0.2) is 4.68 Å². The summed E-state index contributed by atoms with van der Waals surface area (Å²) >= 11 is 0. The molecule has 2 N–H and O–H groups in total. The van der Waals surface area contributed by atoms with E-state index < -0.39 is 5.60 Å². The normalized spacial score (nSPS) is 47.9. The van der Waals surface area contributed by atoms with Gasteiger partial charge < -0.3 is 10.2 Å². The van der Waals surface area contributed by atoms with Crippen molar-refractivity contribution in [3.05, 3.63) is 12.4 Å². The molecule has 0 aliphatic heterocycles. The molecule has 1 aromatic rings. The number of Topliss-reactive ketones (excluding diaryl/α,β-unsaturated/α-hetero) is 1. The number of aliphatic hydroxyl groups is 2. The lowest BCUT2D eigenvalue weighted by Crippen LogP contribution is -2.58. The van der Waals surface area contributed by atoms with Crippen LogP contribution < -0.4 is 0 Å². The fraction of sp³-hybridized carbons (Fsp3) is 0.875. The van der Waals surface area contributed by atoms with E-state index in [9.17, 15) is 15.0 Å². The van der Waals surface area contributed by atoms with Crippen molar-refractivity contribution in [2.45, 2.75) is 83.8 Å². The lowest BCUT2D eigenvalue weighted by Gasteiger charge is -2.62. The number of fused-ring (bicyclic) bond motifs is 5. The van der Waals surface area contributed by atoms with Crippen molar-refractivity contribution in [3.63, 3.8) is 0 Å². The average molecular weight is 416 g/mol. The van der Waals surface area contributed by atoms with Crippen LogP contribution in [0.25, 0.3) is 0 Å². The van der Waals surface area contributed by atoms with E-state index >= 15 is 0 Å². The smallest absolute Gasteiger partial charge is 0.157 e. The number of aliphatic hydroxyl groups excluding tert-OH is 1. The molecule has 0 unspecified atom stereocenters. The Morgan fingerprint density at radius 2 is 1.93 bits per heavy atom. The molecule has 0 aromatic carbocycles. The predicted molar refractivity (Wildman–Crippen MR) is 112 cm³/mol. The van der Waals surface area contributed by atoms with E-state index in [0.717, 1.165) is 51.4 Å². The highest BCUT2D eigenvalue weighted by Crippen LogP contribution is 2.68. The number of hydrogen-bond acceptors (Lipinski definition) is 5. The third-order valence-electron chi connectivity index (χ3n) is 10.1. The second-order valence-corrected chi connectivity index (χ2v) is 11.5. The van der Waals surface area contributed by atoms with E-state index in [2.05, 4.69) is 17.2 Å². The number of hydrogen-bond donors (Lipinski definition) is 2. The minimum Gasteiger partial charge on any atom is -0.396 e. The van der Waals surface area contributed by atoms with Crippen LogP contribution in [0.2, 0.25) is 0 Å². The van der Waals surface area contributed by atoms with E-state index in [4.69, 9.17) is 0 Å². The van der Waals surface area contributed by atoms with Crippen LogP contribution in [0.3, 0.4) is 0 Å². The molecule has 6 heteroatoms. The number of ketones is 1. The summed E-state index contributed by atoms with van der Waals surface area (Å²) in [5.41, 5.74) is -0.524. The second kappa shape index (κ2) is 7.13. The molecular formula is C24H37N3O3.